The number of nitrogens with zero attached hydrogens (tertiary/aromatic N) is 4. The van der Waals surface area contributed by atoms with Crippen LogP contribution in [-0.4, -0.2) is 44.8 Å². The maximum Gasteiger partial charge on any atom is 0.234 e. The number of fused-ring (bicyclic) bond motifs is 1. The van der Waals surface area contributed by atoms with Gasteiger partial charge in [-0.3, -0.25) is 9.69 Å². The molecule has 1 amide bonds. The fraction of sp³-hybridized carbons (Fsp3) is 0.786. The molecule has 2 heterocycles. The van der Waals surface area contributed by atoms with E-state index in [2.05, 4.69) is 15.0 Å². The number of carbonyl (C=O) groups excluding carboxylic acids is 1. The van der Waals surface area contributed by atoms with E-state index in [1.54, 1.807) is 0 Å². The van der Waals surface area contributed by atoms with Gasteiger partial charge in [0.25, 0.3) is 0 Å². The first-order valence-corrected chi connectivity index (χ1v) is 8.02. The molecule has 118 valence electrons. The highest BCUT2D eigenvalue weighted by Gasteiger charge is 2.15. The van der Waals surface area contributed by atoms with Gasteiger partial charge in [-0.2, -0.15) is 5.10 Å². The van der Waals surface area contributed by atoms with E-state index in [4.69, 9.17) is 12.2 Å². The lowest BCUT2D eigenvalue weighted by atomic mass is 10.2. The summed E-state index contributed by atoms with van der Waals surface area (Å²) >= 11 is 5.51. The Kier molecular flexibility index (Phi) is 5.52. The molecule has 2 rings (SSSR count). The van der Waals surface area contributed by atoms with Crippen molar-refractivity contribution in [2.75, 3.05) is 13.6 Å². The first kappa shape index (κ1) is 16.2. The van der Waals surface area contributed by atoms with Crippen LogP contribution in [0.1, 0.15) is 38.9 Å². The van der Waals surface area contributed by atoms with Gasteiger partial charge in [0.15, 0.2) is 4.77 Å². The summed E-state index contributed by atoms with van der Waals surface area (Å²) in [6.07, 6.45) is 4.58. The van der Waals surface area contributed by atoms with Crippen LogP contribution in [0.15, 0.2) is 0 Å². The highest BCUT2D eigenvalue weighted by atomic mass is 32.1. The molecule has 1 aromatic rings. The van der Waals surface area contributed by atoms with Gasteiger partial charge in [0.2, 0.25) is 5.91 Å². The monoisotopic (exact) mass is 311 g/mol. The van der Waals surface area contributed by atoms with Crippen LogP contribution in [0.3, 0.4) is 0 Å². The number of likely N-dealkylation sites (N-methyl/N-ethyl adjacent to an activating group) is 1. The quantitative estimate of drug-likeness (QED) is 0.839. The lowest BCUT2D eigenvalue weighted by Crippen LogP contribution is -2.39. The molecular weight excluding hydrogens is 286 g/mol. The van der Waals surface area contributed by atoms with Crippen molar-refractivity contribution in [3.05, 3.63) is 10.6 Å². The molecule has 0 atom stereocenters. The van der Waals surface area contributed by atoms with E-state index in [1.807, 2.05) is 30.5 Å². The second-order valence-electron chi connectivity index (χ2n) is 6.04. The molecule has 0 aromatic carbocycles. The lowest BCUT2D eigenvalue weighted by molar-refractivity contribution is -0.122. The van der Waals surface area contributed by atoms with Gasteiger partial charge in [0, 0.05) is 19.0 Å². The number of aryl methyl sites for hydroxylation is 1. The van der Waals surface area contributed by atoms with E-state index in [0.29, 0.717) is 13.2 Å². The minimum absolute atomic E-state index is 0.0276. The summed E-state index contributed by atoms with van der Waals surface area (Å²) in [6.45, 7) is 5.78. The van der Waals surface area contributed by atoms with Crippen molar-refractivity contribution in [2.24, 2.45) is 0 Å². The third kappa shape index (κ3) is 4.38. The summed E-state index contributed by atoms with van der Waals surface area (Å²) in [5, 5.41) is 7.51. The lowest BCUT2D eigenvalue weighted by Gasteiger charge is -2.17. The Balaban J connectivity index is 2.00. The molecule has 0 aliphatic carbocycles. The Morgan fingerprint density at radius 2 is 2.19 bits per heavy atom. The average molecular weight is 311 g/mol. The predicted octanol–water partition coefficient (Wildman–Crippen LogP) is 1.55. The molecule has 0 saturated heterocycles. The Morgan fingerprint density at radius 3 is 2.90 bits per heavy atom. The third-order valence-electron chi connectivity index (χ3n) is 3.52. The van der Waals surface area contributed by atoms with Crippen molar-refractivity contribution < 1.29 is 4.79 Å². The van der Waals surface area contributed by atoms with Crippen molar-refractivity contribution in [2.45, 2.75) is 58.8 Å². The smallest absolute Gasteiger partial charge is 0.234 e. The highest BCUT2D eigenvalue weighted by molar-refractivity contribution is 7.71. The molecule has 6 nitrogen and oxygen atoms in total. The van der Waals surface area contributed by atoms with Crippen LogP contribution in [0, 0.1) is 4.77 Å². The number of aromatic nitrogens is 3. The van der Waals surface area contributed by atoms with Gasteiger partial charge < -0.3 is 9.88 Å². The number of rotatable bonds is 5. The molecule has 0 spiro atoms. The van der Waals surface area contributed by atoms with Crippen molar-refractivity contribution in [1.29, 1.82) is 0 Å². The van der Waals surface area contributed by atoms with Crippen LogP contribution < -0.4 is 5.32 Å². The molecule has 1 aliphatic heterocycles. The minimum atomic E-state index is 0.0276. The van der Waals surface area contributed by atoms with E-state index < -0.39 is 0 Å². The average Bonchev–Trinajstić information content (AvgIpc) is 2.57. The summed E-state index contributed by atoms with van der Waals surface area (Å²) in [7, 11) is 1.91. The van der Waals surface area contributed by atoms with E-state index >= 15 is 0 Å². The van der Waals surface area contributed by atoms with E-state index in [9.17, 15) is 4.79 Å². The third-order valence-corrected chi connectivity index (χ3v) is 3.95. The topological polar surface area (TPSA) is 55.1 Å². The van der Waals surface area contributed by atoms with Gasteiger partial charge in [-0.05, 0) is 46.0 Å². The van der Waals surface area contributed by atoms with Crippen LogP contribution in [0.2, 0.25) is 0 Å². The van der Waals surface area contributed by atoms with Crippen LogP contribution in [-0.2, 0) is 24.4 Å². The summed E-state index contributed by atoms with van der Waals surface area (Å²) in [6, 6.07) is 0.164. The van der Waals surface area contributed by atoms with Gasteiger partial charge >= 0.3 is 0 Å². The molecule has 1 aliphatic rings. The SMILES string of the molecule is CC(C)NC(=O)CN(C)Cn1nc2n(c1=S)CCCCC2. The molecule has 1 aromatic heterocycles. The van der Waals surface area contributed by atoms with Gasteiger partial charge in [-0.1, -0.05) is 6.42 Å². The van der Waals surface area contributed by atoms with E-state index in [1.165, 1.54) is 19.3 Å². The van der Waals surface area contributed by atoms with Crippen LogP contribution >= 0.6 is 12.2 Å². The molecule has 7 heteroatoms. The fourth-order valence-corrected chi connectivity index (χ4v) is 2.90. The Hall–Kier alpha value is -1.21. The molecule has 0 saturated carbocycles. The molecular formula is C14H25N5OS. The van der Waals surface area contributed by atoms with Gasteiger partial charge in [-0.25, -0.2) is 4.68 Å². The van der Waals surface area contributed by atoms with Crippen LogP contribution in [0.5, 0.6) is 0 Å². The van der Waals surface area contributed by atoms with E-state index in [0.717, 1.165) is 23.6 Å². The van der Waals surface area contributed by atoms with Crippen molar-refractivity contribution >= 4 is 18.1 Å². The highest BCUT2D eigenvalue weighted by Crippen LogP contribution is 2.14. The summed E-state index contributed by atoms with van der Waals surface area (Å²) in [4.78, 5) is 13.7. The number of amides is 1. The van der Waals surface area contributed by atoms with Crippen molar-refractivity contribution in [3.63, 3.8) is 0 Å². The van der Waals surface area contributed by atoms with Crippen LogP contribution in [0.25, 0.3) is 0 Å². The maximum atomic E-state index is 11.8. The number of nitrogens with one attached hydrogen (secondary N) is 1. The van der Waals surface area contributed by atoms with Crippen LogP contribution in [0.4, 0.5) is 0 Å². The maximum absolute atomic E-state index is 11.8. The molecule has 0 bridgehead atoms. The molecule has 0 radical (unpaired) electrons. The standard InChI is InChI=1S/C14H25N5OS/c1-11(2)15-13(20)9-17(3)10-19-14(21)18-8-6-4-5-7-12(18)16-19/h11H,4-10H2,1-3H3,(H,15,20). The van der Waals surface area contributed by atoms with Gasteiger partial charge in [0.1, 0.15) is 5.82 Å². The van der Waals surface area contributed by atoms with Crippen molar-refractivity contribution in [3.8, 4) is 0 Å². The Bertz CT molecular complexity index is 548. The number of hydrogen-bond acceptors (Lipinski definition) is 4. The van der Waals surface area contributed by atoms with E-state index in [-0.39, 0.29) is 11.9 Å². The molecule has 0 unspecified atom stereocenters. The predicted molar refractivity (Wildman–Crippen MR) is 84.5 cm³/mol. The number of hydrogen-bond donors (Lipinski definition) is 1. The zero-order valence-corrected chi connectivity index (χ0v) is 13.9. The van der Waals surface area contributed by atoms with Gasteiger partial charge in [0.05, 0.1) is 13.2 Å². The number of carbonyl (C=O) groups is 1. The Labute approximate surface area is 131 Å². The first-order chi connectivity index (χ1) is 9.97. The van der Waals surface area contributed by atoms with Crippen molar-refractivity contribution in [1.82, 2.24) is 24.6 Å². The fourth-order valence-electron chi connectivity index (χ4n) is 2.61. The second kappa shape index (κ2) is 7.17. The summed E-state index contributed by atoms with van der Waals surface area (Å²) < 4.78 is 4.74. The van der Waals surface area contributed by atoms with Gasteiger partial charge in [-0.15, -0.1) is 0 Å². The molecule has 21 heavy (non-hydrogen) atoms. The molecule has 0 fully saturated rings. The zero-order chi connectivity index (χ0) is 15.4. The summed E-state index contributed by atoms with van der Waals surface area (Å²) in [5.41, 5.74) is 0. The second-order valence-corrected chi connectivity index (χ2v) is 6.40. The minimum Gasteiger partial charge on any atom is -0.353 e. The summed E-state index contributed by atoms with van der Waals surface area (Å²) in [5.74, 6) is 1.11. The molecule has 1 N–H and O–H groups in total. The zero-order valence-electron chi connectivity index (χ0n) is 13.1. The first-order valence-electron chi connectivity index (χ1n) is 7.62. The normalized spacial score (nSPS) is 15.1. The Morgan fingerprint density at radius 1 is 1.43 bits per heavy atom. The largest absolute Gasteiger partial charge is 0.353 e.